The molecule has 3 aromatic carbocycles. The number of nitro groups is 1. The van der Waals surface area contributed by atoms with Crippen molar-refractivity contribution in [2.45, 2.75) is 31.7 Å². The minimum absolute atomic E-state index is 0.0278. The Kier molecular flexibility index (Phi) is 6.55. The Morgan fingerprint density at radius 3 is 2.40 bits per heavy atom. The molecule has 0 radical (unpaired) electrons. The van der Waals surface area contributed by atoms with Crippen LogP contribution < -0.4 is 0 Å². The maximum Gasteiger partial charge on any atom is 0.270 e. The summed E-state index contributed by atoms with van der Waals surface area (Å²) < 4.78 is 2.11. The first-order chi connectivity index (χ1) is 17.0. The quantitative estimate of drug-likeness (QED) is 0.224. The van der Waals surface area contributed by atoms with Crippen LogP contribution in [0, 0.1) is 10.1 Å². The SMILES string of the molecule is O=C(C[C@@H](c1ccccc1Cl)c1cn(Cc2ccccc2)c2ccc([N+](=O)[O-])cc12)N1CCCC1. The molecule has 7 heteroatoms. The second-order valence-electron chi connectivity index (χ2n) is 9.02. The van der Waals surface area contributed by atoms with Gasteiger partial charge in [0.05, 0.1) is 4.92 Å². The van der Waals surface area contributed by atoms with Crippen LogP contribution in [0.4, 0.5) is 5.69 Å². The molecule has 6 nitrogen and oxygen atoms in total. The third-order valence-electron chi connectivity index (χ3n) is 6.80. The van der Waals surface area contributed by atoms with E-state index in [0.717, 1.165) is 53.5 Å². The van der Waals surface area contributed by atoms with Crippen molar-refractivity contribution < 1.29 is 9.72 Å². The average molecular weight is 488 g/mol. The molecule has 2 heterocycles. The topological polar surface area (TPSA) is 68.4 Å². The van der Waals surface area contributed by atoms with Crippen LogP contribution in [-0.2, 0) is 11.3 Å². The van der Waals surface area contributed by atoms with Crippen molar-refractivity contribution in [2.24, 2.45) is 0 Å². The molecular formula is C28H26ClN3O3. The zero-order valence-electron chi connectivity index (χ0n) is 19.3. The molecule has 0 saturated carbocycles. The number of amides is 1. The van der Waals surface area contributed by atoms with Crippen LogP contribution in [-0.4, -0.2) is 33.4 Å². The lowest BCUT2D eigenvalue weighted by atomic mass is 9.87. The molecule has 1 aliphatic rings. The van der Waals surface area contributed by atoms with E-state index in [4.69, 9.17) is 11.6 Å². The highest BCUT2D eigenvalue weighted by atomic mass is 35.5. The monoisotopic (exact) mass is 487 g/mol. The van der Waals surface area contributed by atoms with E-state index in [2.05, 4.69) is 16.7 Å². The number of non-ortho nitro benzene ring substituents is 1. The van der Waals surface area contributed by atoms with Crippen LogP contribution >= 0.6 is 11.6 Å². The number of nitrogens with zero attached hydrogens (tertiary/aromatic N) is 3. The molecular weight excluding hydrogens is 462 g/mol. The van der Waals surface area contributed by atoms with E-state index in [-0.39, 0.29) is 28.9 Å². The molecule has 0 spiro atoms. The summed E-state index contributed by atoms with van der Waals surface area (Å²) in [6.07, 6.45) is 4.33. The number of aromatic nitrogens is 1. The maximum absolute atomic E-state index is 13.3. The molecule has 35 heavy (non-hydrogen) atoms. The number of carbonyl (C=O) groups excluding carboxylic acids is 1. The molecule has 4 aromatic rings. The van der Waals surface area contributed by atoms with E-state index in [9.17, 15) is 14.9 Å². The first kappa shape index (κ1) is 23.1. The highest BCUT2D eigenvalue weighted by molar-refractivity contribution is 6.31. The Labute approximate surface area is 208 Å². The number of fused-ring (bicyclic) bond motifs is 1. The Morgan fingerprint density at radius 2 is 1.69 bits per heavy atom. The number of halogens is 1. The predicted octanol–water partition coefficient (Wildman–Crippen LogP) is 6.40. The van der Waals surface area contributed by atoms with Crippen LogP contribution in [0.2, 0.25) is 5.02 Å². The number of benzene rings is 3. The summed E-state index contributed by atoms with van der Waals surface area (Å²) in [5.74, 6) is -0.236. The molecule has 1 fully saturated rings. The number of hydrogen-bond donors (Lipinski definition) is 0. The summed E-state index contributed by atoms with van der Waals surface area (Å²) in [5, 5.41) is 13.0. The van der Waals surface area contributed by atoms with Crippen molar-refractivity contribution in [2.75, 3.05) is 13.1 Å². The second kappa shape index (κ2) is 9.92. The van der Waals surface area contributed by atoms with E-state index in [1.54, 1.807) is 12.1 Å². The number of likely N-dealkylation sites (tertiary alicyclic amines) is 1. The van der Waals surface area contributed by atoms with Gasteiger partial charge in [-0.3, -0.25) is 14.9 Å². The van der Waals surface area contributed by atoms with Crippen LogP contribution in [0.15, 0.2) is 79.0 Å². The smallest absolute Gasteiger partial charge is 0.270 e. The van der Waals surface area contributed by atoms with Gasteiger partial charge in [-0.25, -0.2) is 0 Å². The molecule has 1 aromatic heterocycles. The van der Waals surface area contributed by atoms with Crippen LogP contribution in [0.1, 0.15) is 41.9 Å². The number of rotatable bonds is 7. The summed E-state index contributed by atoms with van der Waals surface area (Å²) in [6.45, 7) is 2.16. The third kappa shape index (κ3) is 4.80. The zero-order valence-corrected chi connectivity index (χ0v) is 20.0. The molecule has 178 valence electrons. The van der Waals surface area contributed by atoms with Crippen LogP contribution in [0.3, 0.4) is 0 Å². The van der Waals surface area contributed by atoms with E-state index in [1.807, 2.05) is 53.6 Å². The molecule has 1 amide bonds. The lowest BCUT2D eigenvalue weighted by Gasteiger charge is -2.22. The normalized spacial score (nSPS) is 14.4. The van der Waals surface area contributed by atoms with Gasteiger partial charge in [-0.15, -0.1) is 0 Å². The minimum atomic E-state index is -0.377. The summed E-state index contributed by atoms with van der Waals surface area (Å²) in [5.41, 5.74) is 3.77. The molecule has 1 saturated heterocycles. The number of carbonyl (C=O) groups is 1. The standard InChI is InChI=1S/C28H26ClN3O3/c29-26-11-5-4-10-22(26)23(17-28(33)30-14-6-7-15-30)25-19-31(18-20-8-2-1-3-9-20)27-13-12-21(32(34)35)16-24(25)27/h1-5,8-13,16,19,23H,6-7,14-15,17-18H2/t23-/m0/s1. The van der Waals surface area contributed by atoms with Crippen molar-refractivity contribution in [3.63, 3.8) is 0 Å². The maximum atomic E-state index is 13.3. The van der Waals surface area contributed by atoms with Crippen molar-refractivity contribution >= 4 is 34.1 Å². The Balaban J connectivity index is 1.66. The summed E-state index contributed by atoms with van der Waals surface area (Å²) >= 11 is 6.64. The third-order valence-corrected chi connectivity index (χ3v) is 7.14. The lowest BCUT2D eigenvalue weighted by Crippen LogP contribution is -2.29. The molecule has 0 N–H and O–H groups in total. The van der Waals surface area contributed by atoms with Crippen molar-refractivity contribution in [3.8, 4) is 0 Å². The highest BCUT2D eigenvalue weighted by Crippen LogP contribution is 2.39. The van der Waals surface area contributed by atoms with Gasteiger partial charge in [0.1, 0.15) is 0 Å². The predicted molar refractivity (Wildman–Crippen MR) is 138 cm³/mol. The largest absolute Gasteiger partial charge is 0.343 e. The molecule has 0 unspecified atom stereocenters. The lowest BCUT2D eigenvalue weighted by molar-refractivity contribution is -0.384. The van der Waals surface area contributed by atoms with Gasteiger partial charge in [0.15, 0.2) is 0 Å². The molecule has 0 aliphatic carbocycles. The van der Waals surface area contributed by atoms with Gasteiger partial charge < -0.3 is 9.47 Å². The van der Waals surface area contributed by atoms with E-state index in [0.29, 0.717) is 11.6 Å². The fraction of sp³-hybridized carbons (Fsp3) is 0.250. The van der Waals surface area contributed by atoms with Crippen LogP contribution in [0.5, 0.6) is 0 Å². The van der Waals surface area contributed by atoms with Gasteiger partial charge in [-0.05, 0) is 41.7 Å². The van der Waals surface area contributed by atoms with Crippen molar-refractivity contribution in [1.82, 2.24) is 9.47 Å². The zero-order chi connectivity index (χ0) is 24.4. The summed E-state index contributed by atoms with van der Waals surface area (Å²) in [4.78, 5) is 26.4. The minimum Gasteiger partial charge on any atom is -0.343 e. The van der Waals surface area contributed by atoms with E-state index >= 15 is 0 Å². The molecule has 1 atom stereocenters. The Bertz CT molecular complexity index is 1380. The molecule has 5 rings (SSSR count). The number of nitro benzene ring substituents is 1. The Morgan fingerprint density at radius 1 is 0.971 bits per heavy atom. The van der Waals surface area contributed by atoms with Gasteiger partial charge in [0, 0.05) is 66.2 Å². The fourth-order valence-corrected chi connectivity index (χ4v) is 5.30. The van der Waals surface area contributed by atoms with Gasteiger partial charge in [-0.2, -0.15) is 0 Å². The summed E-state index contributed by atoms with van der Waals surface area (Å²) in [6, 6.07) is 22.6. The number of hydrogen-bond acceptors (Lipinski definition) is 3. The summed E-state index contributed by atoms with van der Waals surface area (Å²) in [7, 11) is 0. The van der Waals surface area contributed by atoms with Gasteiger partial charge in [0.2, 0.25) is 5.91 Å². The van der Waals surface area contributed by atoms with Gasteiger partial charge in [0.25, 0.3) is 5.69 Å². The second-order valence-corrected chi connectivity index (χ2v) is 9.43. The first-order valence-corrected chi connectivity index (χ1v) is 12.2. The fourth-order valence-electron chi connectivity index (χ4n) is 5.03. The molecule has 1 aliphatic heterocycles. The van der Waals surface area contributed by atoms with Crippen LogP contribution in [0.25, 0.3) is 10.9 Å². The van der Waals surface area contributed by atoms with E-state index < -0.39 is 0 Å². The van der Waals surface area contributed by atoms with Crippen molar-refractivity contribution in [3.05, 3.63) is 111 Å². The Hall–Kier alpha value is -3.64. The molecule has 0 bridgehead atoms. The van der Waals surface area contributed by atoms with E-state index in [1.165, 1.54) is 6.07 Å². The van der Waals surface area contributed by atoms with Crippen molar-refractivity contribution in [1.29, 1.82) is 0 Å². The van der Waals surface area contributed by atoms with Gasteiger partial charge in [-0.1, -0.05) is 60.1 Å². The highest BCUT2D eigenvalue weighted by Gasteiger charge is 2.28. The van der Waals surface area contributed by atoms with Gasteiger partial charge >= 0.3 is 0 Å². The first-order valence-electron chi connectivity index (χ1n) is 11.8. The average Bonchev–Trinajstić information content (AvgIpc) is 3.52.